The molecule has 0 saturated heterocycles. The van der Waals surface area contributed by atoms with E-state index in [1.165, 1.54) is 6.07 Å². The Hall–Kier alpha value is 0.141. The molecular formula is C7H6B3F13K-3. The molecule has 0 aliphatic rings. The summed E-state index contributed by atoms with van der Waals surface area (Å²) in [5.74, 6) is -0.114. The van der Waals surface area contributed by atoms with Crippen molar-refractivity contribution >= 4 is 70.7 Å². The van der Waals surface area contributed by atoms with Crippen molar-refractivity contribution in [3.63, 3.8) is 0 Å². The van der Waals surface area contributed by atoms with Gasteiger partial charge in [-0.1, -0.05) is 0 Å². The summed E-state index contributed by atoms with van der Waals surface area (Å²) in [6.45, 7) is 0. The Kier molecular flexibility index (Phi) is 16.1. The first-order valence-corrected chi connectivity index (χ1v) is 7.90. The monoisotopic (exact) mass is 409 g/mol. The Balaban J connectivity index is -0.000000259. The number of benzene rings is 1. The molecule has 138 valence electrons. The Morgan fingerprint density at radius 2 is 0.958 bits per heavy atom. The van der Waals surface area contributed by atoms with Crippen molar-refractivity contribution in [1.82, 2.24) is 0 Å². The second-order valence-corrected chi connectivity index (χ2v) is 4.57. The van der Waals surface area contributed by atoms with E-state index in [2.05, 4.69) is 0 Å². The molecule has 0 fully saturated rings. The summed E-state index contributed by atoms with van der Waals surface area (Å²) in [6.07, 6.45) is 0. The van der Waals surface area contributed by atoms with Crippen LogP contribution in [0.5, 0.6) is 0 Å². The van der Waals surface area contributed by atoms with Gasteiger partial charge in [0.1, 0.15) is 0 Å². The molecule has 0 atom stereocenters. The molecule has 1 aromatic rings. The van der Waals surface area contributed by atoms with Gasteiger partial charge in [-0.3, -0.25) is 0 Å². The maximum atomic E-state index is 12.4. The van der Waals surface area contributed by atoms with E-state index in [1.54, 1.807) is 12.1 Å². The summed E-state index contributed by atoms with van der Waals surface area (Å²) >= 11 is 0.792. The van der Waals surface area contributed by atoms with E-state index >= 15 is 0 Å². The van der Waals surface area contributed by atoms with Crippen LogP contribution in [0.2, 0.25) is 0 Å². The molecule has 0 spiro atoms. The summed E-state index contributed by atoms with van der Waals surface area (Å²) < 4.78 is 130. The summed E-state index contributed by atoms with van der Waals surface area (Å²) in [5, 5.41) is 0. The van der Waals surface area contributed by atoms with Crippen LogP contribution in [-0.2, 0) is 0.515 Å². The standard InChI is InChI=1S/C7H6F.3BF4.K/c1-6-3-2-4-7(8)5-6;3*2-1(3,4)5;/h2-5H,1H2;;;;/q;3*-1;. The molecule has 1 rings (SSSR count). The molecule has 0 bridgehead atoms. The average Bonchev–Trinajstić information content (AvgIpc) is 2.21. The van der Waals surface area contributed by atoms with E-state index in [0.29, 0.717) is 0 Å². The molecule has 17 heteroatoms. The minimum atomic E-state index is -6.00. The fourth-order valence-electron chi connectivity index (χ4n) is 0.757. The van der Waals surface area contributed by atoms with Gasteiger partial charge in [-0.05, 0) is 0 Å². The zero-order chi connectivity index (χ0) is 20.2. The van der Waals surface area contributed by atoms with Gasteiger partial charge < -0.3 is 51.8 Å². The van der Waals surface area contributed by atoms with Gasteiger partial charge in [0.2, 0.25) is 0 Å². The van der Waals surface area contributed by atoms with Crippen LogP contribution in [0, 0.1) is 5.82 Å². The van der Waals surface area contributed by atoms with Crippen molar-refractivity contribution in [2.24, 2.45) is 0 Å². The van der Waals surface area contributed by atoms with Crippen molar-refractivity contribution in [2.45, 2.75) is 0.515 Å². The van der Waals surface area contributed by atoms with E-state index in [4.69, 9.17) is 0 Å². The zero-order valence-electron chi connectivity index (χ0n) is 11.7. The summed E-state index contributed by atoms with van der Waals surface area (Å²) in [7, 11) is -18.0. The first-order valence-electron chi connectivity index (χ1n) is 5.69. The topological polar surface area (TPSA) is 0 Å². The summed E-state index contributed by atoms with van der Waals surface area (Å²) in [5.41, 5.74) is 1.13. The first-order chi connectivity index (χ1) is 10.3. The van der Waals surface area contributed by atoms with Crippen LogP contribution in [0.4, 0.5) is 56.2 Å². The van der Waals surface area contributed by atoms with E-state index in [9.17, 15) is 56.2 Å². The van der Waals surface area contributed by atoms with E-state index < -0.39 is 21.8 Å². The molecule has 0 N–H and O–H groups in total. The molecule has 0 aliphatic heterocycles. The number of hydrogen-bond donors (Lipinski definition) is 0. The Bertz CT molecular complexity index is 382. The normalized spacial score (nSPS) is 11.1. The number of rotatable bonds is 1. The van der Waals surface area contributed by atoms with Gasteiger partial charge in [0, 0.05) is 0 Å². The van der Waals surface area contributed by atoms with Crippen LogP contribution in [0.25, 0.3) is 0 Å². The van der Waals surface area contributed by atoms with Gasteiger partial charge in [0.25, 0.3) is 0 Å². The van der Waals surface area contributed by atoms with E-state index in [-0.39, 0.29) is 5.82 Å². The second-order valence-electron chi connectivity index (χ2n) is 3.47. The number of hydrogen-bond acceptors (Lipinski definition) is 0. The van der Waals surface area contributed by atoms with Crippen molar-refractivity contribution in [1.29, 1.82) is 0 Å². The van der Waals surface area contributed by atoms with Gasteiger partial charge in [-0.25, -0.2) is 0 Å². The molecule has 0 aliphatic carbocycles. The molecule has 24 heavy (non-hydrogen) atoms. The summed E-state index contributed by atoms with van der Waals surface area (Å²) in [6, 6.07) is 6.81. The van der Waals surface area contributed by atoms with E-state index in [1.807, 2.05) is 6.07 Å². The maximum absolute atomic E-state index is 12.4. The quantitative estimate of drug-likeness (QED) is 0.431. The molecule has 0 nitrogen and oxygen atoms in total. The van der Waals surface area contributed by atoms with Gasteiger partial charge in [-0.15, -0.1) is 0 Å². The Morgan fingerprint density at radius 1 is 0.667 bits per heavy atom. The Morgan fingerprint density at radius 3 is 1.12 bits per heavy atom. The van der Waals surface area contributed by atoms with Crippen LogP contribution >= 0.6 is 0 Å². The Labute approximate surface area is 162 Å². The predicted molar refractivity (Wildman–Crippen MR) is 66.4 cm³/mol. The van der Waals surface area contributed by atoms with Crippen molar-refractivity contribution in [3.8, 4) is 0 Å². The molecule has 1 aromatic carbocycles. The molecule has 0 amide bonds. The third-order valence-electron chi connectivity index (χ3n) is 1.30. The van der Waals surface area contributed by atoms with Gasteiger partial charge in [0.15, 0.2) is 0 Å². The zero-order valence-corrected chi connectivity index (χ0v) is 14.8. The van der Waals surface area contributed by atoms with Crippen LogP contribution < -0.4 is 0 Å². The van der Waals surface area contributed by atoms with Crippen molar-refractivity contribution < 1.29 is 56.2 Å². The van der Waals surface area contributed by atoms with Crippen molar-refractivity contribution in [3.05, 3.63) is 35.6 Å². The van der Waals surface area contributed by atoms with Crippen molar-refractivity contribution in [2.75, 3.05) is 0 Å². The first kappa shape index (κ1) is 28.9. The molecule has 0 heterocycles. The van der Waals surface area contributed by atoms with E-state index in [0.717, 1.165) is 55.0 Å². The third kappa shape index (κ3) is 67.1. The predicted octanol–water partition coefficient (Wildman–Crippen LogP) is 5.39. The van der Waals surface area contributed by atoms with Crippen LogP contribution in [0.3, 0.4) is 0 Å². The molecule has 0 unspecified atom stereocenters. The fourth-order valence-corrected chi connectivity index (χ4v) is 1.44. The SMILES string of the molecule is F[B-](F)(F)F.F[B-](F)(F)F.F[B-](F)(F)F.Fc1cccc([CH2][K])c1. The van der Waals surface area contributed by atoms with Crippen LogP contribution in [-0.4, -0.2) is 70.7 Å². The average molecular weight is 409 g/mol. The molecular weight excluding hydrogens is 403 g/mol. The van der Waals surface area contributed by atoms with Gasteiger partial charge in [0.05, 0.1) is 0 Å². The van der Waals surface area contributed by atoms with Gasteiger partial charge in [-0.2, -0.15) is 0 Å². The molecule has 0 saturated carbocycles. The fraction of sp³-hybridized carbons (Fsp3) is 0.143. The van der Waals surface area contributed by atoms with Gasteiger partial charge >= 0.3 is 111 Å². The minimum absolute atomic E-state index is 0.114. The van der Waals surface area contributed by atoms with Crippen LogP contribution in [0.15, 0.2) is 24.3 Å². The second kappa shape index (κ2) is 13.4. The number of halogens is 13. The third-order valence-corrected chi connectivity index (χ3v) is 2.57. The molecule has 0 aromatic heterocycles. The summed E-state index contributed by atoms with van der Waals surface area (Å²) in [4.78, 5) is 0. The van der Waals surface area contributed by atoms with Crippen LogP contribution in [0.1, 0.15) is 5.56 Å². The molecule has 0 radical (unpaired) electrons.